The van der Waals surface area contributed by atoms with Crippen molar-refractivity contribution < 1.29 is 9.53 Å². The number of nitrogens with zero attached hydrogens (tertiary/aromatic N) is 3. The highest BCUT2D eigenvalue weighted by molar-refractivity contribution is 6.30. The molecule has 0 bridgehead atoms. The number of nitrogens with one attached hydrogen (secondary N) is 1. The molecule has 0 saturated carbocycles. The Kier molecular flexibility index (Phi) is 6.57. The van der Waals surface area contributed by atoms with Crippen molar-refractivity contribution in [3.8, 4) is 11.3 Å². The average molecular weight is 423 g/mol. The Morgan fingerprint density at radius 3 is 2.57 bits per heavy atom. The van der Waals surface area contributed by atoms with Gasteiger partial charge in [-0.25, -0.2) is 0 Å². The van der Waals surface area contributed by atoms with Gasteiger partial charge in [0.1, 0.15) is 0 Å². The van der Waals surface area contributed by atoms with Crippen LogP contribution in [0.15, 0.2) is 60.7 Å². The largest absolute Gasteiger partial charge is 0.378 e. The van der Waals surface area contributed by atoms with Crippen molar-refractivity contribution in [2.45, 2.75) is 6.42 Å². The molecule has 0 spiro atoms. The lowest BCUT2D eigenvalue weighted by Crippen LogP contribution is -2.36. The number of halogens is 1. The maximum absolute atomic E-state index is 12.5. The van der Waals surface area contributed by atoms with Gasteiger partial charge in [0.05, 0.1) is 18.9 Å². The Balaban J connectivity index is 1.38. The van der Waals surface area contributed by atoms with Crippen LogP contribution in [0.3, 0.4) is 0 Å². The number of carbonyl (C=O) groups excluding carboxylic acids is 1. The molecule has 3 aromatic rings. The van der Waals surface area contributed by atoms with E-state index in [0.29, 0.717) is 30.3 Å². The Labute approximate surface area is 180 Å². The van der Waals surface area contributed by atoms with E-state index in [-0.39, 0.29) is 5.91 Å². The lowest BCUT2D eigenvalue weighted by atomic mass is 10.1. The maximum Gasteiger partial charge on any atom is 0.251 e. The highest BCUT2D eigenvalue weighted by Gasteiger charge is 2.13. The van der Waals surface area contributed by atoms with Crippen LogP contribution in [0.2, 0.25) is 5.02 Å². The first-order chi connectivity index (χ1) is 14.7. The molecule has 2 heterocycles. The summed E-state index contributed by atoms with van der Waals surface area (Å²) < 4.78 is 5.37. The number of hydrogen-bond acceptors (Lipinski definition) is 5. The zero-order valence-electron chi connectivity index (χ0n) is 16.6. The van der Waals surface area contributed by atoms with Crippen LogP contribution < -0.4 is 10.2 Å². The van der Waals surface area contributed by atoms with Crippen molar-refractivity contribution in [3.63, 3.8) is 0 Å². The van der Waals surface area contributed by atoms with Crippen molar-refractivity contribution in [3.05, 3.63) is 76.8 Å². The van der Waals surface area contributed by atoms with Crippen LogP contribution in [0.1, 0.15) is 15.9 Å². The summed E-state index contributed by atoms with van der Waals surface area (Å²) in [6.07, 6.45) is 0.747. The van der Waals surface area contributed by atoms with E-state index in [0.717, 1.165) is 42.1 Å². The van der Waals surface area contributed by atoms with E-state index in [1.54, 1.807) is 6.07 Å². The van der Waals surface area contributed by atoms with E-state index in [1.807, 2.05) is 54.6 Å². The fourth-order valence-electron chi connectivity index (χ4n) is 3.33. The summed E-state index contributed by atoms with van der Waals surface area (Å²) in [6.45, 7) is 3.61. The van der Waals surface area contributed by atoms with Crippen molar-refractivity contribution in [1.29, 1.82) is 0 Å². The fraction of sp³-hybridized carbons (Fsp3) is 0.261. The number of benzene rings is 2. The molecule has 7 heteroatoms. The number of amides is 1. The van der Waals surface area contributed by atoms with Crippen LogP contribution in [0.4, 0.5) is 5.82 Å². The third-order valence-electron chi connectivity index (χ3n) is 5.02. The Hall–Kier alpha value is -2.96. The molecule has 1 aliphatic rings. The summed E-state index contributed by atoms with van der Waals surface area (Å²) in [5.41, 5.74) is 3.33. The highest BCUT2D eigenvalue weighted by atomic mass is 35.5. The van der Waals surface area contributed by atoms with Gasteiger partial charge in [0.25, 0.3) is 5.91 Å². The Bertz CT molecular complexity index is 987. The predicted octanol–water partition coefficient (Wildman–Crippen LogP) is 3.61. The summed E-state index contributed by atoms with van der Waals surface area (Å²) >= 11 is 5.90. The molecule has 1 aromatic heterocycles. The Morgan fingerprint density at radius 2 is 1.83 bits per heavy atom. The second-order valence-corrected chi connectivity index (χ2v) is 7.53. The van der Waals surface area contributed by atoms with Gasteiger partial charge in [-0.1, -0.05) is 35.9 Å². The zero-order valence-corrected chi connectivity index (χ0v) is 17.3. The molecule has 0 atom stereocenters. The molecule has 0 radical (unpaired) electrons. The number of anilines is 1. The van der Waals surface area contributed by atoms with Crippen LogP contribution in [-0.2, 0) is 11.2 Å². The first-order valence-corrected chi connectivity index (χ1v) is 10.4. The van der Waals surface area contributed by atoms with Gasteiger partial charge in [-0.05, 0) is 48.4 Å². The summed E-state index contributed by atoms with van der Waals surface area (Å²) in [7, 11) is 0. The molecule has 6 nitrogen and oxygen atoms in total. The number of hydrogen-bond donors (Lipinski definition) is 1. The van der Waals surface area contributed by atoms with Gasteiger partial charge in [-0.15, -0.1) is 10.2 Å². The summed E-state index contributed by atoms with van der Waals surface area (Å²) in [6, 6.07) is 19.0. The molecule has 0 aliphatic carbocycles. The van der Waals surface area contributed by atoms with E-state index < -0.39 is 0 Å². The number of aromatic nitrogens is 2. The number of morpholine rings is 1. The zero-order chi connectivity index (χ0) is 20.8. The maximum atomic E-state index is 12.5. The molecule has 1 aliphatic heterocycles. The fourth-order valence-corrected chi connectivity index (χ4v) is 3.46. The second kappa shape index (κ2) is 9.69. The monoisotopic (exact) mass is 422 g/mol. The predicted molar refractivity (Wildman–Crippen MR) is 118 cm³/mol. The Morgan fingerprint density at radius 1 is 1.03 bits per heavy atom. The van der Waals surface area contributed by atoms with Crippen LogP contribution in [-0.4, -0.2) is 49.0 Å². The van der Waals surface area contributed by atoms with Gasteiger partial charge >= 0.3 is 0 Å². The first-order valence-electron chi connectivity index (χ1n) is 9.98. The summed E-state index contributed by atoms with van der Waals surface area (Å²) in [4.78, 5) is 14.7. The quantitative estimate of drug-likeness (QED) is 0.657. The van der Waals surface area contributed by atoms with Gasteiger partial charge in [-0.2, -0.15) is 0 Å². The van der Waals surface area contributed by atoms with Gasteiger partial charge in [0.15, 0.2) is 5.82 Å². The van der Waals surface area contributed by atoms with Crippen LogP contribution in [0.5, 0.6) is 0 Å². The molecule has 1 amide bonds. The second-order valence-electron chi connectivity index (χ2n) is 7.09. The standard InChI is InChI=1S/C23H23ClN4O2/c24-20-6-4-17(5-7-20)10-11-25-23(29)19-3-1-2-18(16-19)21-8-9-22(27-26-21)28-12-14-30-15-13-28/h1-9,16H,10-15H2,(H,25,29). The van der Waals surface area contributed by atoms with E-state index >= 15 is 0 Å². The summed E-state index contributed by atoms with van der Waals surface area (Å²) in [5.74, 6) is 0.738. The molecule has 2 aromatic carbocycles. The molecule has 154 valence electrons. The molecular formula is C23H23ClN4O2. The number of rotatable bonds is 6. The molecule has 4 rings (SSSR count). The molecule has 1 fully saturated rings. The van der Waals surface area contributed by atoms with Crippen molar-refractivity contribution in [2.75, 3.05) is 37.7 Å². The molecular weight excluding hydrogens is 400 g/mol. The molecule has 0 unspecified atom stereocenters. The topological polar surface area (TPSA) is 67.4 Å². The van der Waals surface area contributed by atoms with E-state index in [9.17, 15) is 4.79 Å². The van der Waals surface area contributed by atoms with Crippen molar-refractivity contribution >= 4 is 23.3 Å². The lowest BCUT2D eigenvalue weighted by molar-refractivity contribution is 0.0954. The third kappa shape index (κ3) is 5.14. The van der Waals surface area contributed by atoms with E-state index in [1.165, 1.54) is 0 Å². The van der Waals surface area contributed by atoms with Gasteiger partial charge < -0.3 is 15.0 Å². The van der Waals surface area contributed by atoms with Crippen molar-refractivity contribution in [2.24, 2.45) is 0 Å². The molecule has 30 heavy (non-hydrogen) atoms. The van der Waals surface area contributed by atoms with Crippen molar-refractivity contribution in [1.82, 2.24) is 15.5 Å². The minimum Gasteiger partial charge on any atom is -0.378 e. The van der Waals surface area contributed by atoms with E-state index in [2.05, 4.69) is 20.4 Å². The lowest BCUT2D eigenvalue weighted by Gasteiger charge is -2.27. The minimum absolute atomic E-state index is 0.108. The van der Waals surface area contributed by atoms with Gasteiger partial charge in [0.2, 0.25) is 0 Å². The van der Waals surface area contributed by atoms with Crippen LogP contribution in [0.25, 0.3) is 11.3 Å². The van der Waals surface area contributed by atoms with Gasteiger partial charge in [-0.3, -0.25) is 4.79 Å². The van der Waals surface area contributed by atoms with E-state index in [4.69, 9.17) is 16.3 Å². The first kappa shape index (κ1) is 20.3. The highest BCUT2D eigenvalue weighted by Crippen LogP contribution is 2.20. The normalized spacial score (nSPS) is 13.8. The smallest absolute Gasteiger partial charge is 0.251 e. The number of ether oxygens (including phenoxy) is 1. The summed E-state index contributed by atoms with van der Waals surface area (Å²) in [5, 5.41) is 12.4. The minimum atomic E-state index is -0.108. The van der Waals surface area contributed by atoms with Crippen LogP contribution in [0, 0.1) is 0 Å². The SMILES string of the molecule is O=C(NCCc1ccc(Cl)cc1)c1cccc(-c2ccc(N3CCOCC3)nn2)c1. The molecule has 1 saturated heterocycles. The molecule has 1 N–H and O–H groups in total. The number of carbonyl (C=O) groups is 1. The van der Waals surface area contributed by atoms with Gasteiger partial charge in [0, 0.05) is 35.8 Å². The average Bonchev–Trinajstić information content (AvgIpc) is 2.81. The van der Waals surface area contributed by atoms with Crippen LogP contribution >= 0.6 is 11.6 Å². The third-order valence-corrected chi connectivity index (χ3v) is 5.27.